The van der Waals surface area contributed by atoms with Crippen LogP contribution in [0.3, 0.4) is 0 Å². The van der Waals surface area contributed by atoms with Crippen molar-refractivity contribution in [2.75, 3.05) is 6.61 Å². The van der Waals surface area contributed by atoms with E-state index in [9.17, 15) is 9.59 Å². The number of esters is 1. The summed E-state index contributed by atoms with van der Waals surface area (Å²) in [7, 11) is 0. The van der Waals surface area contributed by atoms with Gasteiger partial charge in [-0.2, -0.15) is 0 Å². The quantitative estimate of drug-likeness (QED) is 0.822. The average Bonchev–Trinajstić information content (AvgIpc) is 2.99. The minimum Gasteiger partial charge on any atom is -0.452 e. The maximum Gasteiger partial charge on any atom is 0.339 e. The average molecular weight is 368 g/mol. The second-order valence-corrected chi connectivity index (χ2v) is 6.19. The fourth-order valence-corrected chi connectivity index (χ4v) is 2.91. The Bertz CT molecular complexity index is 628. The highest BCUT2D eigenvalue weighted by Gasteiger charge is 2.15. The first kappa shape index (κ1) is 15.7. The smallest absolute Gasteiger partial charge is 0.339 e. The summed E-state index contributed by atoms with van der Waals surface area (Å²) in [5.41, 5.74) is 0.400. The molecule has 0 aliphatic heterocycles. The van der Waals surface area contributed by atoms with Crippen LogP contribution in [0.2, 0.25) is 0 Å². The molecule has 1 atom stereocenters. The summed E-state index contributed by atoms with van der Waals surface area (Å²) in [6.07, 6.45) is 0. The second-order valence-electron chi connectivity index (χ2n) is 4.36. The van der Waals surface area contributed by atoms with E-state index in [1.54, 1.807) is 35.6 Å². The number of hydrogen-bond acceptors (Lipinski definition) is 4. The lowest BCUT2D eigenvalue weighted by molar-refractivity contribution is -0.124. The third kappa shape index (κ3) is 4.41. The van der Waals surface area contributed by atoms with Gasteiger partial charge >= 0.3 is 5.97 Å². The molecule has 2 rings (SSSR count). The number of carbonyl (C=O) groups excluding carboxylic acids is 2. The van der Waals surface area contributed by atoms with Crippen LogP contribution in [0.1, 0.15) is 28.2 Å². The largest absolute Gasteiger partial charge is 0.452 e. The summed E-state index contributed by atoms with van der Waals surface area (Å²) in [5, 5.41) is 4.74. The summed E-state index contributed by atoms with van der Waals surface area (Å²) in [6, 6.07) is 10.7. The second kappa shape index (κ2) is 7.38. The zero-order chi connectivity index (χ0) is 15.2. The van der Waals surface area contributed by atoms with Crippen LogP contribution < -0.4 is 5.32 Å². The third-order valence-corrected chi connectivity index (χ3v) is 4.52. The van der Waals surface area contributed by atoms with E-state index in [0.29, 0.717) is 10.0 Å². The zero-order valence-electron chi connectivity index (χ0n) is 11.3. The highest BCUT2D eigenvalue weighted by atomic mass is 79.9. The van der Waals surface area contributed by atoms with Gasteiger partial charge in [-0.3, -0.25) is 4.79 Å². The Morgan fingerprint density at radius 1 is 1.29 bits per heavy atom. The lowest BCUT2D eigenvalue weighted by Gasteiger charge is -2.12. The van der Waals surface area contributed by atoms with Gasteiger partial charge in [-0.15, -0.1) is 11.3 Å². The molecular weight excluding hydrogens is 354 g/mol. The Balaban J connectivity index is 1.84. The minimum atomic E-state index is -0.526. The number of thiophene rings is 1. The number of ether oxygens (including phenoxy) is 1. The van der Waals surface area contributed by atoms with Gasteiger partial charge in [0.1, 0.15) is 0 Å². The molecule has 6 heteroatoms. The molecule has 1 amide bonds. The molecular formula is C15H14BrNO3S. The van der Waals surface area contributed by atoms with Crippen LogP contribution in [0.5, 0.6) is 0 Å². The monoisotopic (exact) mass is 367 g/mol. The number of nitrogens with one attached hydrogen (secondary N) is 1. The van der Waals surface area contributed by atoms with Gasteiger partial charge in [0.15, 0.2) is 6.61 Å². The fourth-order valence-electron chi connectivity index (χ4n) is 1.73. The Morgan fingerprint density at radius 2 is 2.05 bits per heavy atom. The molecule has 4 nitrogen and oxygen atoms in total. The van der Waals surface area contributed by atoms with Crippen molar-refractivity contribution < 1.29 is 14.3 Å². The van der Waals surface area contributed by atoms with Crippen molar-refractivity contribution in [3.8, 4) is 0 Å². The lowest BCUT2D eigenvalue weighted by atomic mass is 10.2. The SMILES string of the molecule is C[C@@H](NC(=O)COC(=O)c1ccccc1Br)c1cccs1. The van der Waals surface area contributed by atoms with Crippen molar-refractivity contribution in [2.24, 2.45) is 0 Å². The van der Waals surface area contributed by atoms with Gasteiger partial charge in [0.2, 0.25) is 0 Å². The van der Waals surface area contributed by atoms with Crippen LogP contribution >= 0.6 is 27.3 Å². The number of amides is 1. The fraction of sp³-hybridized carbons (Fsp3) is 0.200. The van der Waals surface area contributed by atoms with Crippen molar-refractivity contribution in [1.82, 2.24) is 5.32 Å². The van der Waals surface area contributed by atoms with Gasteiger partial charge in [0, 0.05) is 9.35 Å². The van der Waals surface area contributed by atoms with Crippen LogP contribution in [-0.4, -0.2) is 18.5 Å². The maximum absolute atomic E-state index is 11.9. The van der Waals surface area contributed by atoms with E-state index in [2.05, 4.69) is 21.2 Å². The highest BCUT2D eigenvalue weighted by molar-refractivity contribution is 9.10. The van der Waals surface area contributed by atoms with E-state index < -0.39 is 5.97 Å². The predicted molar refractivity (Wildman–Crippen MR) is 85.3 cm³/mol. The first-order valence-electron chi connectivity index (χ1n) is 6.32. The Hall–Kier alpha value is -1.66. The van der Waals surface area contributed by atoms with Gasteiger partial charge in [-0.05, 0) is 46.4 Å². The van der Waals surface area contributed by atoms with Crippen molar-refractivity contribution >= 4 is 39.1 Å². The number of benzene rings is 1. The van der Waals surface area contributed by atoms with E-state index >= 15 is 0 Å². The predicted octanol–water partition coefficient (Wildman–Crippen LogP) is 3.54. The summed E-state index contributed by atoms with van der Waals surface area (Å²) < 4.78 is 5.65. The molecule has 1 heterocycles. The molecule has 21 heavy (non-hydrogen) atoms. The van der Waals surface area contributed by atoms with Gasteiger partial charge in [-0.25, -0.2) is 4.79 Å². The Morgan fingerprint density at radius 3 is 2.71 bits per heavy atom. The maximum atomic E-state index is 11.9. The number of carbonyl (C=O) groups is 2. The van der Waals surface area contributed by atoms with Crippen LogP contribution in [0.4, 0.5) is 0 Å². The molecule has 1 aromatic heterocycles. The first-order chi connectivity index (χ1) is 10.1. The third-order valence-electron chi connectivity index (χ3n) is 2.78. The van der Waals surface area contributed by atoms with E-state index in [4.69, 9.17) is 4.74 Å². The molecule has 0 aliphatic rings. The van der Waals surface area contributed by atoms with Crippen LogP contribution in [0.15, 0.2) is 46.3 Å². The first-order valence-corrected chi connectivity index (χ1v) is 7.99. The van der Waals surface area contributed by atoms with Crippen molar-refractivity contribution in [1.29, 1.82) is 0 Å². The topological polar surface area (TPSA) is 55.4 Å². The number of hydrogen-bond donors (Lipinski definition) is 1. The molecule has 110 valence electrons. The van der Waals surface area contributed by atoms with E-state index in [1.807, 2.05) is 24.4 Å². The molecule has 0 spiro atoms. The highest BCUT2D eigenvalue weighted by Crippen LogP contribution is 2.18. The molecule has 2 aromatic rings. The molecule has 0 radical (unpaired) electrons. The molecule has 1 N–H and O–H groups in total. The Kier molecular flexibility index (Phi) is 5.52. The van der Waals surface area contributed by atoms with Crippen molar-refractivity contribution in [3.63, 3.8) is 0 Å². The standard InChI is InChI=1S/C15H14BrNO3S/c1-10(13-7-4-8-21-13)17-14(18)9-20-15(19)11-5-2-3-6-12(11)16/h2-8,10H,9H2,1H3,(H,17,18)/t10-/m1/s1. The molecule has 0 saturated heterocycles. The molecule has 0 bridgehead atoms. The summed E-state index contributed by atoms with van der Waals surface area (Å²) >= 11 is 4.84. The van der Waals surface area contributed by atoms with Gasteiger partial charge in [0.05, 0.1) is 11.6 Å². The molecule has 0 fully saturated rings. The molecule has 0 unspecified atom stereocenters. The lowest BCUT2D eigenvalue weighted by Crippen LogP contribution is -2.30. The van der Waals surface area contributed by atoms with Crippen molar-refractivity contribution in [2.45, 2.75) is 13.0 Å². The van der Waals surface area contributed by atoms with Gasteiger partial charge < -0.3 is 10.1 Å². The Labute approximate surface area is 135 Å². The summed E-state index contributed by atoms with van der Waals surface area (Å²) in [6.45, 7) is 1.59. The van der Waals surface area contributed by atoms with E-state index in [0.717, 1.165) is 4.88 Å². The van der Waals surface area contributed by atoms with E-state index in [-0.39, 0.29) is 18.6 Å². The van der Waals surface area contributed by atoms with Gasteiger partial charge in [0.25, 0.3) is 5.91 Å². The summed E-state index contributed by atoms with van der Waals surface area (Å²) in [5.74, 6) is -0.849. The molecule has 0 saturated carbocycles. The molecule has 0 aliphatic carbocycles. The van der Waals surface area contributed by atoms with Crippen molar-refractivity contribution in [3.05, 3.63) is 56.7 Å². The van der Waals surface area contributed by atoms with Gasteiger partial charge in [-0.1, -0.05) is 18.2 Å². The van der Waals surface area contributed by atoms with Crippen LogP contribution in [0, 0.1) is 0 Å². The van der Waals surface area contributed by atoms with Crippen LogP contribution in [-0.2, 0) is 9.53 Å². The number of rotatable bonds is 5. The minimum absolute atomic E-state index is 0.0975. The zero-order valence-corrected chi connectivity index (χ0v) is 13.7. The van der Waals surface area contributed by atoms with Crippen LogP contribution in [0.25, 0.3) is 0 Å². The summed E-state index contributed by atoms with van der Waals surface area (Å²) in [4.78, 5) is 24.7. The van der Waals surface area contributed by atoms with E-state index in [1.165, 1.54) is 0 Å². The normalized spacial score (nSPS) is 11.7. The number of halogens is 1. The molecule has 1 aromatic carbocycles.